The summed E-state index contributed by atoms with van der Waals surface area (Å²) in [4.78, 5) is 12.3. The molecule has 1 saturated heterocycles. The number of nitrogens with zero attached hydrogens (tertiary/aromatic N) is 1. The van der Waals surface area contributed by atoms with Gasteiger partial charge in [0.15, 0.2) is 0 Å². The van der Waals surface area contributed by atoms with Crippen LogP contribution in [-0.2, 0) is 21.2 Å². The molecule has 1 heterocycles. The highest BCUT2D eigenvalue weighted by Crippen LogP contribution is 2.21. The summed E-state index contributed by atoms with van der Waals surface area (Å²) in [5.74, 6) is 0.728. The Labute approximate surface area is 166 Å². The predicted octanol–water partition coefficient (Wildman–Crippen LogP) is 2.60. The van der Waals surface area contributed by atoms with Gasteiger partial charge in [-0.3, -0.25) is 4.79 Å². The van der Waals surface area contributed by atoms with Crippen LogP contribution in [0.25, 0.3) is 0 Å². The molecule has 0 radical (unpaired) electrons. The Morgan fingerprint density at radius 3 is 2.36 bits per heavy atom. The van der Waals surface area contributed by atoms with Gasteiger partial charge >= 0.3 is 0 Å². The van der Waals surface area contributed by atoms with Gasteiger partial charge in [0.25, 0.3) is 0 Å². The summed E-state index contributed by atoms with van der Waals surface area (Å²) in [7, 11) is -3.38. The lowest BCUT2D eigenvalue weighted by molar-refractivity contribution is -0.121. The second kappa shape index (κ2) is 9.71. The maximum atomic E-state index is 12.5. The first-order valence-electron chi connectivity index (χ1n) is 9.59. The molecule has 150 valence electrons. The largest absolute Gasteiger partial charge is 0.492 e. The van der Waals surface area contributed by atoms with Crippen LogP contribution in [0.4, 0.5) is 0 Å². The summed E-state index contributed by atoms with van der Waals surface area (Å²) in [6.45, 7) is 2.05. The van der Waals surface area contributed by atoms with E-state index < -0.39 is 10.0 Å². The van der Waals surface area contributed by atoms with Gasteiger partial charge in [-0.1, -0.05) is 30.3 Å². The van der Waals surface area contributed by atoms with Crippen LogP contribution in [0.1, 0.15) is 24.8 Å². The van der Waals surface area contributed by atoms with Crippen molar-refractivity contribution in [2.24, 2.45) is 0 Å². The van der Waals surface area contributed by atoms with Gasteiger partial charge in [0.1, 0.15) is 12.4 Å². The van der Waals surface area contributed by atoms with E-state index in [0.717, 1.165) is 24.2 Å². The number of hydrogen-bond donors (Lipinski definition) is 1. The molecule has 0 aromatic heterocycles. The number of aryl methyl sites for hydroxylation is 1. The monoisotopic (exact) mass is 402 g/mol. The van der Waals surface area contributed by atoms with Crippen molar-refractivity contribution in [1.82, 2.24) is 9.62 Å². The molecule has 28 heavy (non-hydrogen) atoms. The number of sulfonamides is 1. The molecular weight excluding hydrogens is 376 g/mol. The van der Waals surface area contributed by atoms with Crippen LogP contribution in [0.15, 0.2) is 59.5 Å². The summed E-state index contributed by atoms with van der Waals surface area (Å²) in [5.41, 5.74) is 0.941. The Bertz CT molecular complexity index is 861. The van der Waals surface area contributed by atoms with Crippen LogP contribution < -0.4 is 10.1 Å². The Balaban J connectivity index is 1.40. The van der Waals surface area contributed by atoms with Crippen molar-refractivity contribution < 1.29 is 17.9 Å². The molecule has 0 saturated carbocycles. The highest BCUT2D eigenvalue weighted by Gasteiger charge is 2.26. The number of nitrogens with one attached hydrogen (secondary N) is 1. The molecule has 7 heteroatoms. The van der Waals surface area contributed by atoms with E-state index in [1.165, 1.54) is 4.31 Å². The van der Waals surface area contributed by atoms with Crippen LogP contribution in [0, 0.1) is 0 Å². The molecule has 1 fully saturated rings. The SMILES string of the molecule is O=C(CCc1ccc(S(=O)(=O)N2CCCC2)cc1)NCCOc1ccccc1. The van der Waals surface area contributed by atoms with Crippen LogP contribution in [0.5, 0.6) is 5.75 Å². The number of rotatable bonds is 9. The van der Waals surface area contributed by atoms with E-state index in [1.807, 2.05) is 30.3 Å². The van der Waals surface area contributed by atoms with E-state index in [9.17, 15) is 13.2 Å². The van der Waals surface area contributed by atoms with Gasteiger partial charge in [-0.25, -0.2) is 8.42 Å². The average molecular weight is 403 g/mol. The first-order chi connectivity index (χ1) is 13.6. The molecule has 1 amide bonds. The maximum absolute atomic E-state index is 12.5. The highest BCUT2D eigenvalue weighted by molar-refractivity contribution is 7.89. The maximum Gasteiger partial charge on any atom is 0.243 e. The smallest absolute Gasteiger partial charge is 0.243 e. The number of para-hydroxylation sites is 1. The van der Waals surface area contributed by atoms with Crippen LogP contribution in [0.2, 0.25) is 0 Å². The first-order valence-corrected chi connectivity index (χ1v) is 11.0. The van der Waals surface area contributed by atoms with Gasteiger partial charge in [-0.15, -0.1) is 0 Å². The van der Waals surface area contributed by atoms with Crippen LogP contribution in [0.3, 0.4) is 0 Å². The summed E-state index contributed by atoms with van der Waals surface area (Å²) < 4.78 is 32.1. The normalized spacial score (nSPS) is 14.7. The van der Waals surface area contributed by atoms with E-state index in [2.05, 4.69) is 5.32 Å². The number of ether oxygens (including phenoxy) is 1. The van der Waals surface area contributed by atoms with Crippen molar-refractivity contribution in [2.75, 3.05) is 26.2 Å². The van der Waals surface area contributed by atoms with E-state index in [0.29, 0.717) is 44.0 Å². The molecule has 6 nitrogen and oxygen atoms in total. The Morgan fingerprint density at radius 2 is 1.68 bits per heavy atom. The summed E-state index contributed by atoms with van der Waals surface area (Å²) in [5, 5.41) is 2.83. The van der Waals surface area contributed by atoms with Crippen molar-refractivity contribution in [1.29, 1.82) is 0 Å². The lowest BCUT2D eigenvalue weighted by Crippen LogP contribution is -2.28. The zero-order valence-electron chi connectivity index (χ0n) is 15.8. The summed E-state index contributed by atoms with van der Waals surface area (Å²) >= 11 is 0. The standard InChI is InChI=1S/C21H26N2O4S/c24-21(22-14-17-27-19-6-2-1-3-7-19)13-10-18-8-11-20(12-9-18)28(25,26)23-15-4-5-16-23/h1-3,6-9,11-12H,4-5,10,13-17H2,(H,22,24). The fourth-order valence-electron chi connectivity index (χ4n) is 3.13. The molecule has 1 N–H and O–H groups in total. The number of amides is 1. The van der Waals surface area contributed by atoms with Gasteiger partial charge in [0, 0.05) is 19.5 Å². The zero-order valence-corrected chi connectivity index (χ0v) is 16.7. The van der Waals surface area contributed by atoms with Crippen molar-refractivity contribution in [3.8, 4) is 5.75 Å². The third kappa shape index (κ3) is 5.56. The quantitative estimate of drug-likeness (QED) is 0.654. The minimum Gasteiger partial charge on any atom is -0.492 e. The molecule has 0 aliphatic carbocycles. The van der Waals surface area contributed by atoms with E-state index in [4.69, 9.17) is 4.74 Å². The fourth-order valence-corrected chi connectivity index (χ4v) is 4.65. The molecule has 0 bridgehead atoms. The van der Waals surface area contributed by atoms with Crippen molar-refractivity contribution in [2.45, 2.75) is 30.6 Å². The summed E-state index contributed by atoms with van der Waals surface area (Å²) in [6.07, 6.45) is 2.75. The highest BCUT2D eigenvalue weighted by atomic mass is 32.2. The lowest BCUT2D eigenvalue weighted by Gasteiger charge is -2.15. The summed E-state index contributed by atoms with van der Waals surface area (Å²) in [6, 6.07) is 16.3. The van der Waals surface area contributed by atoms with Crippen LogP contribution >= 0.6 is 0 Å². The number of carbonyl (C=O) groups is 1. The van der Waals surface area contributed by atoms with E-state index in [1.54, 1.807) is 24.3 Å². The molecule has 2 aromatic rings. The third-order valence-electron chi connectivity index (χ3n) is 4.70. The minimum atomic E-state index is -3.38. The molecule has 1 aliphatic heterocycles. The molecule has 0 atom stereocenters. The van der Waals surface area contributed by atoms with Crippen molar-refractivity contribution in [3.63, 3.8) is 0 Å². The van der Waals surface area contributed by atoms with Crippen LogP contribution in [-0.4, -0.2) is 44.9 Å². The number of carbonyl (C=O) groups excluding carboxylic acids is 1. The topological polar surface area (TPSA) is 75.7 Å². The predicted molar refractivity (Wildman–Crippen MR) is 108 cm³/mol. The van der Waals surface area contributed by atoms with Gasteiger partial charge in [0.05, 0.1) is 11.4 Å². The molecule has 3 rings (SSSR count). The van der Waals surface area contributed by atoms with Gasteiger partial charge in [-0.05, 0) is 49.1 Å². The van der Waals surface area contributed by atoms with Gasteiger partial charge < -0.3 is 10.1 Å². The molecular formula is C21H26N2O4S. The fraction of sp³-hybridized carbons (Fsp3) is 0.381. The van der Waals surface area contributed by atoms with Gasteiger partial charge in [-0.2, -0.15) is 4.31 Å². The number of benzene rings is 2. The second-order valence-corrected chi connectivity index (χ2v) is 8.70. The minimum absolute atomic E-state index is 0.0505. The Morgan fingerprint density at radius 1 is 1.00 bits per heavy atom. The van der Waals surface area contributed by atoms with E-state index >= 15 is 0 Å². The lowest BCUT2D eigenvalue weighted by atomic mass is 10.1. The first kappa shape index (κ1) is 20.4. The average Bonchev–Trinajstić information content (AvgIpc) is 3.27. The van der Waals surface area contributed by atoms with Crippen molar-refractivity contribution in [3.05, 3.63) is 60.2 Å². The molecule has 0 unspecified atom stereocenters. The molecule has 0 spiro atoms. The third-order valence-corrected chi connectivity index (χ3v) is 6.62. The Kier molecular flexibility index (Phi) is 7.06. The Hall–Kier alpha value is -2.38. The zero-order chi connectivity index (χ0) is 19.8. The van der Waals surface area contributed by atoms with E-state index in [-0.39, 0.29) is 5.91 Å². The van der Waals surface area contributed by atoms with Crippen molar-refractivity contribution >= 4 is 15.9 Å². The second-order valence-electron chi connectivity index (χ2n) is 6.77. The molecule has 1 aliphatic rings. The number of hydrogen-bond acceptors (Lipinski definition) is 4. The van der Waals surface area contributed by atoms with Gasteiger partial charge in [0.2, 0.25) is 15.9 Å². The molecule has 2 aromatic carbocycles.